The number of rotatable bonds is 4. The first-order chi connectivity index (χ1) is 8.66. The van der Waals surface area contributed by atoms with Crippen molar-refractivity contribution in [2.45, 2.75) is 6.42 Å². The Labute approximate surface area is 104 Å². The predicted molar refractivity (Wildman–Crippen MR) is 65.1 cm³/mol. The van der Waals surface area contributed by atoms with Crippen LogP contribution in [-0.2, 0) is 13.5 Å². The summed E-state index contributed by atoms with van der Waals surface area (Å²) in [5, 5.41) is 19.7. The Balaban J connectivity index is 1.87. The van der Waals surface area contributed by atoms with Gasteiger partial charge in [-0.3, -0.25) is 4.79 Å². The number of carbonyl (C=O) groups excluding carboxylic acids is 1. The lowest BCUT2D eigenvalue weighted by molar-refractivity contribution is 0.0953. The first-order valence-corrected chi connectivity index (χ1v) is 5.57. The van der Waals surface area contributed by atoms with E-state index in [-0.39, 0.29) is 11.7 Å². The van der Waals surface area contributed by atoms with E-state index in [9.17, 15) is 9.90 Å². The first-order valence-electron chi connectivity index (χ1n) is 5.57. The molecule has 0 saturated carbocycles. The molecule has 18 heavy (non-hydrogen) atoms. The number of aromatic hydroxyl groups is 1. The van der Waals surface area contributed by atoms with Crippen LogP contribution >= 0.6 is 0 Å². The molecular weight excluding hydrogens is 232 g/mol. The second-order valence-electron chi connectivity index (χ2n) is 3.91. The van der Waals surface area contributed by atoms with Crippen LogP contribution < -0.4 is 5.32 Å². The van der Waals surface area contributed by atoms with E-state index >= 15 is 0 Å². The van der Waals surface area contributed by atoms with Gasteiger partial charge in [-0.25, -0.2) is 0 Å². The number of hydrogen-bond acceptors (Lipinski definition) is 4. The summed E-state index contributed by atoms with van der Waals surface area (Å²) < 4.78 is 1.81. The Hall–Kier alpha value is -2.37. The normalized spacial score (nSPS) is 10.3. The maximum absolute atomic E-state index is 11.7. The van der Waals surface area contributed by atoms with Gasteiger partial charge in [-0.15, -0.1) is 10.2 Å². The van der Waals surface area contributed by atoms with Gasteiger partial charge in [0, 0.05) is 25.6 Å². The van der Waals surface area contributed by atoms with Gasteiger partial charge < -0.3 is 15.0 Å². The van der Waals surface area contributed by atoms with Crippen molar-refractivity contribution in [3.05, 3.63) is 42.0 Å². The van der Waals surface area contributed by atoms with Crippen molar-refractivity contribution >= 4 is 5.91 Å². The highest BCUT2D eigenvalue weighted by atomic mass is 16.3. The van der Waals surface area contributed by atoms with E-state index < -0.39 is 0 Å². The number of phenols is 1. The molecule has 0 fully saturated rings. The SMILES string of the molecule is Cn1cnnc1CCNC(=O)c1cccc(O)c1. The van der Waals surface area contributed by atoms with Crippen LogP contribution in [0.15, 0.2) is 30.6 Å². The lowest BCUT2D eigenvalue weighted by atomic mass is 10.2. The molecule has 0 unspecified atom stereocenters. The van der Waals surface area contributed by atoms with E-state index in [0.717, 1.165) is 5.82 Å². The van der Waals surface area contributed by atoms with Gasteiger partial charge in [0.1, 0.15) is 17.9 Å². The van der Waals surface area contributed by atoms with Gasteiger partial charge >= 0.3 is 0 Å². The molecule has 2 N–H and O–H groups in total. The molecule has 6 heteroatoms. The second kappa shape index (κ2) is 5.31. The van der Waals surface area contributed by atoms with Crippen LogP contribution in [0.5, 0.6) is 5.75 Å². The van der Waals surface area contributed by atoms with E-state index in [0.29, 0.717) is 18.5 Å². The zero-order valence-electron chi connectivity index (χ0n) is 10.00. The van der Waals surface area contributed by atoms with E-state index in [4.69, 9.17) is 0 Å². The van der Waals surface area contributed by atoms with E-state index in [1.54, 1.807) is 23.0 Å². The van der Waals surface area contributed by atoms with Crippen molar-refractivity contribution in [2.24, 2.45) is 7.05 Å². The minimum atomic E-state index is -0.215. The Morgan fingerprint density at radius 2 is 2.33 bits per heavy atom. The summed E-state index contributed by atoms with van der Waals surface area (Å²) in [4.78, 5) is 11.7. The second-order valence-corrected chi connectivity index (χ2v) is 3.91. The van der Waals surface area contributed by atoms with Gasteiger partial charge in [-0.05, 0) is 18.2 Å². The third kappa shape index (κ3) is 2.85. The van der Waals surface area contributed by atoms with Gasteiger partial charge in [0.25, 0.3) is 5.91 Å². The molecule has 2 rings (SSSR count). The Bertz CT molecular complexity index is 551. The number of carbonyl (C=O) groups is 1. The summed E-state index contributed by atoms with van der Waals surface area (Å²) >= 11 is 0. The number of phenolic OH excluding ortho intramolecular Hbond substituents is 1. The average Bonchev–Trinajstić information content (AvgIpc) is 2.75. The molecule has 6 nitrogen and oxygen atoms in total. The van der Waals surface area contributed by atoms with Gasteiger partial charge in [0.2, 0.25) is 0 Å². The van der Waals surface area contributed by atoms with Crippen LogP contribution in [-0.4, -0.2) is 32.3 Å². The topological polar surface area (TPSA) is 80.0 Å². The standard InChI is InChI=1S/C12H14N4O2/c1-16-8-14-15-11(16)5-6-13-12(18)9-3-2-4-10(17)7-9/h2-4,7-8,17H,5-6H2,1H3,(H,13,18). The highest BCUT2D eigenvalue weighted by molar-refractivity contribution is 5.94. The van der Waals surface area contributed by atoms with Gasteiger partial charge in [-0.1, -0.05) is 6.07 Å². The molecule has 1 amide bonds. The number of nitrogens with one attached hydrogen (secondary N) is 1. The van der Waals surface area contributed by atoms with Crippen LogP contribution in [0.1, 0.15) is 16.2 Å². The quantitative estimate of drug-likeness (QED) is 0.823. The van der Waals surface area contributed by atoms with Crippen molar-refractivity contribution in [3.63, 3.8) is 0 Å². The molecule has 1 aromatic carbocycles. The number of benzene rings is 1. The molecule has 1 heterocycles. The molecular formula is C12H14N4O2. The number of nitrogens with zero attached hydrogens (tertiary/aromatic N) is 3. The summed E-state index contributed by atoms with van der Waals surface area (Å²) in [6.07, 6.45) is 2.23. The van der Waals surface area contributed by atoms with Gasteiger partial charge in [0.15, 0.2) is 0 Å². The lowest BCUT2D eigenvalue weighted by Gasteiger charge is -2.05. The zero-order valence-corrected chi connectivity index (χ0v) is 10.00. The summed E-state index contributed by atoms with van der Waals surface area (Å²) in [5.74, 6) is 0.676. The molecule has 0 aliphatic heterocycles. The van der Waals surface area contributed by atoms with Crippen LogP contribution in [0.3, 0.4) is 0 Å². The summed E-state index contributed by atoms with van der Waals surface area (Å²) in [6, 6.07) is 6.23. The third-order valence-corrected chi connectivity index (χ3v) is 2.55. The van der Waals surface area contributed by atoms with Crippen molar-refractivity contribution in [1.29, 1.82) is 0 Å². The minimum Gasteiger partial charge on any atom is -0.508 e. The highest BCUT2D eigenvalue weighted by Gasteiger charge is 2.06. The maximum Gasteiger partial charge on any atom is 0.251 e. The van der Waals surface area contributed by atoms with Crippen molar-refractivity contribution in [1.82, 2.24) is 20.1 Å². The predicted octanol–water partition coefficient (Wildman–Crippen LogP) is 0.493. The Kier molecular flexibility index (Phi) is 3.57. The van der Waals surface area contributed by atoms with Crippen LogP contribution in [0.4, 0.5) is 0 Å². The van der Waals surface area contributed by atoms with E-state index in [2.05, 4.69) is 15.5 Å². The fourth-order valence-corrected chi connectivity index (χ4v) is 1.57. The fraction of sp³-hybridized carbons (Fsp3) is 0.250. The maximum atomic E-state index is 11.7. The molecule has 0 aliphatic carbocycles. The van der Waals surface area contributed by atoms with E-state index in [1.165, 1.54) is 12.1 Å². The minimum absolute atomic E-state index is 0.0796. The molecule has 0 spiro atoms. The molecule has 1 aromatic heterocycles. The number of aryl methyl sites for hydroxylation is 1. The largest absolute Gasteiger partial charge is 0.508 e. The summed E-state index contributed by atoms with van der Waals surface area (Å²) in [7, 11) is 1.85. The molecule has 94 valence electrons. The van der Waals surface area contributed by atoms with E-state index in [1.807, 2.05) is 7.05 Å². The van der Waals surface area contributed by atoms with Crippen LogP contribution in [0, 0.1) is 0 Å². The molecule has 0 atom stereocenters. The van der Waals surface area contributed by atoms with Gasteiger partial charge in [0.05, 0.1) is 0 Å². The first kappa shape index (κ1) is 12.1. The summed E-state index contributed by atoms with van der Waals surface area (Å²) in [6.45, 7) is 0.473. The molecule has 0 aliphatic rings. The zero-order chi connectivity index (χ0) is 13.0. The Morgan fingerprint density at radius 1 is 1.50 bits per heavy atom. The number of amides is 1. The number of hydrogen-bond donors (Lipinski definition) is 2. The monoisotopic (exact) mass is 246 g/mol. The molecule has 0 radical (unpaired) electrons. The average molecular weight is 246 g/mol. The number of aromatic nitrogens is 3. The fourth-order valence-electron chi connectivity index (χ4n) is 1.57. The van der Waals surface area contributed by atoms with Gasteiger partial charge in [-0.2, -0.15) is 0 Å². The molecule has 0 saturated heterocycles. The molecule has 2 aromatic rings. The van der Waals surface area contributed by atoms with Crippen LogP contribution in [0.2, 0.25) is 0 Å². The highest BCUT2D eigenvalue weighted by Crippen LogP contribution is 2.10. The third-order valence-electron chi connectivity index (χ3n) is 2.55. The van der Waals surface area contributed by atoms with Crippen molar-refractivity contribution in [3.8, 4) is 5.75 Å². The summed E-state index contributed by atoms with van der Waals surface area (Å²) in [5.41, 5.74) is 0.438. The molecule has 0 bridgehead atoms. The lowest BCUT2D eigenvalue weighted by Crippen LogP contribution is -2.26. The van der Waals surface area contributed by atoms with Crippen LogP contribution in [0.25, 0.3) is 0 Å². The Morgan fingerprint density at radius 3 is 3.00 bits per heavy atom. The van der Waals surface area contributed by atoms with Crippen molar-refractivity contribution < 1.29 is 9.90 Å². The smallest absolute Gasteiger partial charge is 0.251 e. The van der Waals surface area contributed by atoms with Crippen molar-refractivity contribution in [2.75, 3.05) is 6.54 Å².